The standard InChI is InChI=1S/C16H15N5O2/c22-10-11-2-1-3-13(8-11)16(23)18-9-14-19-15(21-20-14)12-4-6-17-7-5-12/h1-8,22H,9-10H2,(H,18,23)(H,19,20,21). The number of hydrogen-bond donors (Lipinski definition) is 3. The lowest BCUT2D eigenvalue weighted by molar-refractivity contribution is 0.0949. The molecule has 0 saturated carbocycles. The molecule has 0 fully saturated rings. The molecule has 0 aliphatic carbocycles. The summed E-state index contributed by atoms with van der Waals surface area (Å²) in [6.07, 6.45) is 3.34. The summed E-state index contributed by atoms with van der Waals surface area (Å²) in [7, 11) is 0. The highest BCUT2D eigenvalue weighted by Crippen LogP contribution is 2.12. The number of aromatic amines is 1. The lowest BCUT2D eigenvalue weighted by Gasteiger charge is -2.04. The Labute approximate surface area is 132 Å². The van der Waals surface area contributed by atoms with E-state index in [9.17, 15) is 4.79 Å². The Morgan fingerprint density at radius 3 is 2.83 bits per heavy atom. The van der Waals surface area contributed by atoms with E-state index in [0.717, 1.165) is 5.56 Å². The molecule has 0 aliphatic rings. The molecular formula is C16H15N5O2. The zero-order chi connectivity index (χ0) is 16.1. The second-order valence-electron chi connectivity index (χ2n) is 4.88. The van der Waals surface area contributed by atoms with Crippen molar-refractivity contribution >= 4 is 5.91 Å². The first kappa shape index (κ1) is 14.9. The van der Waals surface area contributed by atoms with Gasteiger partial charge in [-0.05, 0) is 29.8 Å². The maximum atomic E-state index is 12.1. The summed E-state index contributed by atoms with van der Waals surface area (Å²) in [5, 5.41) is 18.8. The minimum atomic E-state index is -0.234. The molecule has 0 spiro atoms. The predicted octanol–water partition coefficient (Wildman–Crippen LogP) is 1.29. The average Bonchev–Trinajstić information content (AvgIpc) is 3.09. The minimum absolute atomic E-state index is 0.0987. The van der Waals surface area contributed by atoms with Crippen LogP contribution in [-0.4, -0.2) is 31.2 Å². The molecule has 1 aromatic carbocycles. The molecule has 2 aromatic heterocycles. The van der Waals surface area contributed by atoms with Crippen molar-refractivity contribution in [2.24, 2.45) is 0 Å². The number of nitrogens with zero attached hydrogens (tertiary/aromatic N) is 3. The van der Waals surface area contributed by atoms with Gasteiger partial charge >= 0.3 is 0 Å². The first-order valence-corrected chi connectivity index (χ1v) is 7.06. The van der Waals surface area contributed by atoms with Crippen molar-refractivity contribution in [3.05, 3.63) is 65.7 Å². The summed E-state index contributed by atoms with van der Waals surface area (Å²) in [6, 6.07) is 10.5. The highest BCUT2D eigenvalue weighted by atomic mass is 16.3. The molecule has 7 nitrogen and oxygen atoms in total. The number of benzene rings is 1. The fourth-order valence-electron chi connectivity index (χ4n) is 2.08. The first-order chi connectivity index (χ1) is 11.3. The number of H-pyrrole nitrogens is 1. The monoisotopic (exact) mass is 309 g/mol. The number of aliphatic hydroxyl groups is 1. The Bertz CT molecular complexity index is 801. The van der Waals surface area contributed by atoms with Crippen LogP contribution in [0.15, 0.2) is 48.8 Å². The second kappa shape index (κ2) is 6.80. The lowest BCUT2D eigenvalue weighted by atomic mass is 10.1. The van der Waals surface area contributed by atoms with Gasteiger partial charge in [0.1, 0.15) is 5.82 Å². The molecule has 0 unspecified atom stereocenters. The van der Waals surface area contributed by atoms with Gasteiger partial charge in [-0.2, -0.15) is 5.10 Å². The molecule has 3 rings (SSSR count). The second-order valence-corrected chi connectivity index (χ2v) is 4.88. The molecule has 0 atom stereocenters. The highest BCUT2D eigenvalue weighted by molar-refractivity contribution is 5.94. The van der Waals surface area contributed by atoms with Crippen LogP contribution in [0, 0.1) is 0 Å². The number of rotatable bonds is 5. The number of amides is 1. The van der Waals surface area contributed by atoms with Gasteiger partial charge in [-0.25, -0.2) is 4.98 Å². The Kier molecular flexibility index (Phi) is 4.39. The van der Waals surface area contributed by atoms with Gasteiger partial charge < -0.3 is 10.4 Å². The summed E-state index contributed by atoms with van der Waals surface area (Å²) in [4.78, 5) is 20.4. The molecular weight excluding hydrogens is 294 g/mol. The van der Waals surface area contributed by atoms with E-state index in [1.807, 2.05) is 12.1 Å². The topological polar surface area (TPSA) is 104 Å². The fourth-order valence-corrected chi connectivity index (χ4v) is 2.08. The maximum absolute atomic E-state index is 12.1. The molecule has 0 radical (unpaired) electrons. The van der Waals surface area contributed by atoms with Gasteiger partial charge in [0.2, 0.25) is 0 Å². The molecule has 23 heavy (non-hydrogen) atoms. The molecule has 0 bridgehead atoms. The van der Waals surface area contributed by atoms with E-state index in [4.69, 9.17) is 5.11 Å². The van der Waals surface area contributed by atoms with Crippen molar-refractivity contribution in [2.75, 3.05) is 0 Å². The number of carbonyl (C=O) groups is 1. The summed E-state index contributed by atoms with van der Waals surface area (Å²) in [6.45, 7) is 0.138. The van der Waals surface area contributed by atoms with Gasteiger partial charge in [0.05, 0.1) is 13.2 Å². The number of aliphatic hydroxyl groups excluding tert-OH is 1. The highest BCUT2D eigenvalue weighted by Gasteiger charge is 2.09. The third-order valence-corrected chi connectivity index (χ3v) is 3.26. The van der Waals surface area contributed by atoms with Crippen molar-refractivity contribution < 1.29 is 9.90 Å². The van der Waals surface area contributed by atoms with Crippen LogP contribution in [0.1, 0.15) is 21.7 Å². The molecule has 0 saturated heterocycles. The zero-order valence-corrected chi connectivity index (χ0v) is 12.2. The fraction of sp³-hybridized carbons (Fsp3) is 0.125. The predicted molar refractivity (Wildman–Crippen MR) is 83.1 cm³/mol. The van der Waals surface area contributed by atoms with Gasteiger partial charge in [0.25, 0.3) is 5.91 Å². The summed E-state index contributed by atoms with van der Waals surface area (Å²) in [5.41, 5.74) is 2.03. The van der Waals surface area contributed by atoms with E-state index < -0.39 is 0 Å². The van der Waals surface area contributed by atoms with Gasteiger partial charge in [-0.1, -0.05) is 12.1 Å². The van der Waals surface area contributed by atoms with E-state index in [1.54, 1.807) is 36.7 Å². The average molecular weight is 309 g/mol. The van der Waals surface area contributed by atoms with Crippen LogP contribution < -0.4 is 5.32 Å². The molecule has 2 heterocycles. The van der Waals surface area contributed by atoms with Crippen LogP contribution in [0.3, 0.4) is 0 Å². The molecule has 3 aromatic rings. The van der Waals surface area contributed by atoms with Crippen molar-refractivity contribution in [3.8, 4) is 11.4 Å². The Hall–Kier alpha value is -3.06. The third-order valence-electron chi connectivity index (χ3n) is 3.26. The zero-order valence-electron chi connectivity index (χ0n) is 12.2. The molecule has 1 amide bonds. The first-order valence-electron chi connectivity index (χ1n) is 7.06. The number of aromatic nitrogens is 4. The number of carbonyl (C=O) groups excluding carboxylic acids is 1. The largest absolute Gasteiger partial charge is 0.392 e. The quantitative estimate of drug-likeness (QED) is 0.659. The van der Waals surface area contributed by atoms with Crippen molar-refractivity contribution in [3.63, 3.8) is 0 Å². The normalized spacial score (nSPS) is 10.5. The van der Waals surface area contributed by atoms with Crippen LogP contribution in [0.25, 0.3) is 11.4 Å². The van der Waals surface area contributed by atoms with Crippen LogP contribution in [0.4, 0.5) is 0 Å². The van der Waals surface area contributed by atoms with E-state index in [0.29, 0.717) is 22.8 Å². The Morgan fingerprint density at radius 2 is 2.04 bits per heavy atom. The lowest BCUT2D eigenvalue weighted by Crippen LogP contribution is -2.23. The number of pyridine rings is 1. The maximum Gasteiger partial charge on any atom is 0.251 e. The molecule has 116 valence electrons. The molecule has 0 aliphatic heterocycles. The van der Waals surface area contributed by atoms with Crippen LogP contribution in [0.2, 0.25) is 0 Å². The third kappa shape index (κ3) is 3.58. The van der Waals surface area contributed by atoms with Gasteiger partial charge in [-0.15, -0.1) is 0 Å². The van der Waals surface area contributed by atoms with Crippen molar-refractivity contribution in [2.45, 2.75) is 13.2 Å². The molecule has 7 heteroatoms. The number of nitrogens with one attached hydrogen (secondary N) is 2. The summed E-state index contributed by atoms with van der Waals surface area (Å²) < 4.78 is 0. The van der Waals surface area contributed by atoms with Crippen molar-refractivity contribution in [1.82, 2.24) is 25.5 Å². The van der Waals surface area contributed by atoms with Gasteiger partial charge in [-0.3, -0.25) is 14.9 Å². The van der Waals surface area contributed by atoms with Gasteiger partial charge in [0.15, 0.2) is 5.82 Å². The van der Waals surface area contributed by atoms with E-state index in [-0.39, 0.29) is 19.1 Å². The number of hydrogen-bond acceptors (Lipinski definition) is 5. The van der Waals surface area contributed by atoms with Crippen LogP contribution in [0.5, 0.6) is 0 Å². The SMILES string of the molecule is O=C(NCc1nc(-c2ccncc2)n[nH]1)c1cccc(CO)c1. The van der Waals surface area contributed by atoms with Crippen LogP contribution in [-0.2, 0) is 13.2 Å². The van der Waals surface area contributed by atoms with Crippen molar-refractivity contribution in [1.29, 1.82) is 0 Å². The Morgan fingerprint density at radius 1 is 1.22 bits per heavy atom. The minimum Gasteiger partial charge on any atom is -0.392 e. The molecule has 3 N–H and O–H groups in total. The van der Waals surface area contributed by atoms with E-state index >= 15 is 0 Å². The summed E-state index contributed by atoms with van der Waals surface area (Å²) >= 11 is 0. The van der Waals surface area contributed by atoms with Gasteiger partial charge in [0, 0.05) is 23.5 Å². The van der Waals surface area contributed by atoms with E-state index in [2.05, 4.69) is 25.5 Å². The Balaban J connectivity index is 1.64. The van der Waals surface area contributed by atoms with Crippen LogP contribution >= 0.6 is 0 Å². The smallest absolute Gasteiger partial charge is 0.251 e. The van der Waals surface area contributed by atoms with E-state index in [1.165, 1.54) is 0 Å². The summed E-state index contributed by atoms with van der Waals surface area (Å²) in [5.74, 6) is 0.879.